The van der Waals surface area contributed by atoms with E-state index in [1.807, 2.05) is 12.1 Å². The average Bonchev–Trinajstić information content (AvgIpc) is 2.61. The van der Waals surface area contributed by atoms with Crippen LogP contribution in [0.5, 0.6) is 11.5 Å². The molecule has 0 amide bonds. The Balaban J connectivity index is 1.62. The van der Waals surface area contributed by atoms with E-state index in [4.69, 9.17) is 9.47 Å². The molecule has 3 aromatic carbocycles. The molecule has 0 aliphatic rings. The molecule has 0 bridgehead atoms. The van der Waals surface area contributed by atoms with Gasteiger partial charge in [-0.15, -0.1) is 0 Å². The highest BCUT2D eigenvalue weighted by Crippen LogP contribution is 2.22. The van der Waals surface area contributed by atoms with Gasteiger partial charge < -0.3 is 9.47 Å². The van der Waals surface area contributed by atoms with E-state index in [1.54, 1.807) is 0 Å². The summed E-state index contributed by atoms with van der Waals surface area (Å²) >= 11 is 0. The topological polar surface area (TPSA) is 18.5 Å². The van der Waals surface area contributed by atoms with E-state index in [2.05, 4.69) is 76.2 Å². The predicted molar refractivity (Wildman–Crippen MR) is 107 cm³/mol. The Labute approximate surface area is 156 Å². The highest BCUT2D eigenvalue weighted by atomic mass is 16.5. The SMILES string of the molecule is Cc1ccc(OCc2cccc(COc3ccc(C)cc3C)c2)c(C)c1. The zero-order chi connectivity index (χ0) is 18.5. The fourth-order valence-corrected chi connectivity index (χ4v) is 3.05. The summed E-state index contributed by atoms with van der Waals surface area (Å²) in [6, 6.07) is 20.9. The molecule has 0 unspecified atom stereocenters. The molecule has 0 atom stereocenters. The molecule has 0 aliphatic heterocycles. The Hall–Kier alpha value is -2.74. The maximum atomic E-state index is 5.99. The molecule has 0 spiro atoms. The molecule has 0 N–H and O–H groups in total. The molecule has 0 radical (unpaired) electrons. The van der Waals surface area contributed by atoms with Crippen LogP contribution in [0.3, 0.4) is 0 Å². The Bertz CT molecular complexity index is 826. The van der Waals surface area contributed by atoms with Crippen LogP contribution in [0.15, 0.2) is 60.7 Å². The van der Waals surface area contributed by atoms with Gasteiger partial charge in [-0.25, -0.2) is 0 Å². The molecule has 3 rings (SSSR count). The van der Waals surface area contributed by atoms with Gasteiger partial charge in [-0.3, -0.25) is 0 Å². The fourth-order valence-electron chi connectivity index (χ4n) is 3.05. The van der Waals surface area contributed by atoms with E-state index >= 15 is 0 Å². The number of benzene rings is 3. The lowest BCUT2D eigenvalue weighted by Crippen LogP contribution is -2.01. The second-order valence-corrected chi connectivity index (χ2v) is 6.94. The van der Waals surface area contributed by atoms with Crippen LogP contribution in [-0.2, 0) is 13.2 Å². The first-order valence-corrected chi connectivity index (χ1v) is 8.99. The van der Waals surface area contributed by atoms with Crippen molar-refractivity contribution in [3.05, 3.63) is 94.0 Å². The van der Waals surface area contributed by atoms with Crippen molar-refractivity contribution < 1.29 is 9.47 Å². The molecule has 2 nitrogen and oxygen atoms in total. The Kier molecular flexibility index (Phi) is 5.62. The second kappa shape index (κ2) is 8.09. The van der Waals surface area contributed by atoms with Gasteiger partial charge in [0, 0.05) is 0 Å². The third-order valence-electron chi connectivity index (χ3n) is 4.44. The highest BCUT2D eigenvalue weighted by Gasteiger charge is 2.04. The summed E-state index contributed by atoms with van der Waals surface area (Å²) in [6.45, 7) is 9.46. The molecular formula is C24H26O2. The molecule has 3 aromatic rings. The Morgan fingerprint density at radius 2 is 1.04 bits per heavy atom. The van der Waals surface area contributed by atoms with Gasteiger partial charge in [-0.2, -0.15) is 0 Å². The lowest BCUT2D eigenvalue weighted by atomic mass is 10.1. The van der Waals surface area contributed by atoms with Crippen LogP contribution in [0.25, 0.3) is 0 Å². The number of aryl methyl sites for hydroxylation is 4. The van der Waals surface area contributed by atoms with Crippen molar-refractivity contribution in [2.45, 2.75) is 40.9 Å². The van der Waals surface area contributed by atoms with Gasteiger partial charge in [0.15, 0.2) is 0 Å². The van der Waals surface area contributed by atoms with Crippen molar-refractivity contribution in [1.29, 1.82) is 0 Å². The van der Waals surface area contributed by atoms with Crippen LogP contribution in [0.1, 0.15) is 33.4 Å². The summed E-state index contributed by atoms with van der Waals surface area (Å²) in [5.74, 6) is 1.88. The molecule has 0 aliphatic carbocycles. The van der Waals surface area contributed by atoms with Crippen molar-refractivity contribution in [2.75, 3.05) is 0 Å². The van der Waals surface area contributed by atoms with Crippen molar-refractivity contribution >= 4 is 0 Å². The van der Waals surface area contributed by atoms with Gasteiger partial charge in [-0.05, 0) is 68.1 Å². The van der Waals surface area contributed by atoms with E-state index in [0.717, 1.165) is 22.6 Å². The minimum Gasteiger partial charge on any atom is -0.489 e. The monoisotopic (exact) mass is 346 g/mol. The largest absolute Gasteiger partial charge is 0.489 e. The predicted octanol–water partition coefficient (Wildman–Crippen LogP) is 6.08. The number of ether oxygens (including phenoxy) is 2. The zero-order valence-corrected chi connectivity index (χ0v) is 16.0. The lowest BCUT2D eigenvalue weighted by Gasteiger charge is -2.12. The Morgan fingerprint density at radius 1 is 0.577 bits per heavy atom. The molecule has 2 heteroatoms. The summed E-state index contributed by atoms with van der Waals surface area (Å²) in [5.41, 5.74) is 7.12. The Morgan fingerprint density at radius 3 is 1.46 bits per heavy atom. The number of hydrogen-bond acceptors (Lipinski definition) is 2. The van der Waals surface area contributed by atoms with E-state index in [1.165, 1.54) is 22.3 Å². The van der Waals surface area contributed by atoms with Crippen molar-refractivity contribution in [2.24, 2.45) is 0 Å². The van der Waals surface area contributed by atoms with Gasteiger partial charge >= 0.3 is 0 Å². The molecule has 0 heterocycles. The van der Waals surface area contributed by atoms with Gasteiger partial charge in [0.2, 0.25) is 0 Å². The third kappa shape index (κ3) is 4.66. The minimum absolute atomic E-state index is 0.557. The number of rotatable bonds is 6. The standard InChI is InChI=1S/C24H26O2/c1-17-8-10-23(19(3)12-17)25-15-21-6-5-7-22(14-21)16-26-24-11-9-18(2)13-20(24)4/h5-14H,15-16H2,1-4H3. The van der Waals surface area contributed by atoms with Gasteiger partial charge in [0.1, 0.15) is 24.7 Å². The molecule has 0 aromatic heterocycles. The maximum Gasteiger partial charge on any atom is 0.122 e. The first kappa shape index (κ1) is 18.1. The second-order valence-electron chi connectivity index (χ2n) is 6.94. The van der Waals surface area contributed by atoms with E-state index in [-0.39, 0.29) is 0 Å². The fraction of sp³-hybridized carbons (Fsp3) is 0.250. The minimum atomic E-state index is 0.557. The molecule has 0 saturated carbocycles. The van der Waals surface area contributed by atoms with Crippen LogP contribution in [-0.4, -0.2) is 0 Å². The summed E-state index contributed by atoms with van der Waals surface area (Å²) in [6.07, 6.45) is 0. The van der Waals surface area contributed by atoms with Gasteiger partial charge in [0.25, 0.3) is 0 Å². The van der Waals surface area contributed by atoms with Crippen LogP contribution >= 0.6 is 0 Å². The van der Waals surface area contributed by atoms with E-state index in [0.29, 0.717) is 13.2 Å². The third-order valence-corrected chi connectivity index (χ3v) is 4.44. The molecule has 134 valence electrons. The first-order chi connectivity index (χ1) is 12.5. The smallest absolute Gasteiger partial charge is 0.122 e. The average molecular weight is 346 g/mol. The van der Waals surface area contributed by atoms with Crippen molar-refractivity contribution in [1.82, 2.24) is 0 Å². The quantitative estimate of drug-likeness (QED) is 0.538. The number of hydrogen-bond donors (Lipinski definition) is 0. The van der Waals surface area contributed by atoms with Crippen LogP contribution in [0.2, 0.25) is 0 Å². The van der Waals surface area contributed by atoms with Crippen LogP contribution in [0, 0.1) is 27.7 Å². The molecule has 0 fully saturated rings. The van der Waals surface area contributed by atoms with E-state index in [9.17, 15) is 0 Å². The van der Waals surface area contributed by atoms with Crippen LogP contribution in [0.4, 0.5) is 0 Å². The first-order valence-electron chi connectivity index (χ1n) is 8.99. The summed E-state index contributed by atoms with van der Waals surface area (Å²) in [7, 11) is 0. The molecule has 26 heavy (non-hydrogen) atoms. The maximum absolute atomic E-state index is 5.99. The van der Waals surface area contributed by atoms with Crippen molar-refractivity contribution in [3.63, 3.8) is 0 Å². The van der Waals surface area contributed by atoms with E-state index < -0.39 is 0 Å². The molecule has 0 saturated heterocycles. The summed E-state index contributed by atoms with van der Waals surface area (Å²) in [4.78, 5) is 0. The van der Waals surface area contributed by atoms with Crippen molar-refractivity contribution in [3.8, 4) is 11.5 Å². The van der Waals surface area contributed by atoms with Gasteiger partial charge in [0.05, 0.1) is 0 Å². The summed E-state index contributed by atoms with van der Waals surface area (Å²) in [5, 5.41) is 0. The summed E-state index contributed by atoms with van der Waals surface area (Å²) < 4.78 is 12.0. The molecular weight excluding hydrogens is 320 g/mol. The highest BCUT2D eigenvalue weighted by molar-refractivity contribution is 5.37. The normalized spacial score (nSPS) is 10.6. The lowest BCUT2D eigenvalue weighted by molar-refractivity contribution is 0.297. The van der Waals surface area contributed by atoms with Gasteiger partial charge in [-0.1, -0.05) is 53.6 Å². The zero-order valence-electron chi connectivity index (χ0n) is 16.0. The van der Waals surface area contributed by atoms with Crippen LogP contribution < -0.4 is 9.47 Å².